The van der Waals surface area contributed by atoms with Gasteiger partial charge in [0.1, 0.15) is 11.4 Å². The van der Waals surface area contributed by atoms with Crippen LogP contribution in [0.15, 0.2) is 16.5 Å². The van der Waals surface area contributed by atoms with Crippen molar-refractivity contribution in [1.29, 1.82) is 0 Å². The molecule has 0 bridgehead atoms. The van der Waals surface area contributed by atoms with Crippen LogP contribution in [0.4, 0.5) is 6.01 Å². The van der Waals surface area contributed by atoms with Crippen molar-refractivity contribution in [2.45, 2.75) is 6.82 Å². The lowest BCUT2D eigenvalue weighted by molar-refractivity contribution is 0.477. The van der Waals surface area contributed by atoms with Crippen LogP contribution in [0.25, 0.3) is 11.6 Å². The first-order chi connectivity index (χ1) is 7.20. The Labute approximate surface area is 86.4 Å². The second-order valence-electron chi connectivity index (χ2n) is 2.96. The van der Waals surface area contributed by atoms with Gasteiger partial charge < -0.3 is 15.3 Å². The molecule has 0 aromatic carbocycles. The second-order valence-corrected chi connectivity index (χ2v) is 2.96. The van der Waals surface area contributed by atoms with Crippen LogP contribution in [0, 0.1) is 0 Å². The molecular formula is C8H9BN4O2. The van der Waals surface area contributed by atoms with Crippen molar-refractivity contribution in [2.24, 2.45) is 0 Å². The Hall–Kier alpha value is -2.05. The zero-order valence-electron chi connectivity index (χ0n) is 8.14. The Morgan fingerprint density at radius 2 is 2.20 bits per heavy atom. The zero-order valence-corrected chi connectivity index (χ0v) is 8.14. The molecule has 0 atom stereocenters. The highest BCUT2D eigenvalue weighted by Gasteiger charge is 2.10. The molecule has 0 aliphatic heterocycles. The minimum absolute atomic E-state index is 0.00192. The molecule has 0 unspecified atom stereocenters. The van der Waals surface area contributed by atoms with Gasteiger partial charge in [0.25, 0.3) is 5.89 Å². The van der Waals surface area contributed by atoms with Crippen LogP contribution >= 0.6 is 0 Å². The standard InChI is InChI=1S/C8H9BN4O2/c1-9-6-5(14)3-2-4(11-6)7-12-13-8(10)15-7/h2-3,9,14H,1H3,(H2,10,13). The predicted octanol–water partition coefficient (Wildman–Crippen LogP) is -0.471. The van der Waals surface area contributed by atoms with Crippen molar-refractivity contribution in [3.05, 3.63) is 12.1 Å². The zero-order chi connectivity index (χ0) is 10.8. The van der Waals surface area contributed by atoms with E-state index in [-0.39, 0.29) is 17.7 Å². The van der Waals surface area contributed by atoms with E-state index in [1.54, 1.807) is 12.1 Å². The van der Waals surface area contributed by atoms with Gasteiger partial charge in [0.15, 0.2) is 7.28 Å². The normalized spacial score (nSPS) is 10.2. The van der Waals surface area contributed by atoms with Gasteiger partial charge in [-0.25, -0.2) is 0 Å². The molecule has 7 heteroatoms. The fourth-order valence-electron chi connectivity index (χ4n) is 1.21. The third-order valence-corrected chi connectivity index (χ3v) is 1.94. The largest absolute Gasteiger partial charge is 0.507 e. The van der Waals surface area contributed by atoms with Gasteiger partial charge >= 0.3 is 6.01 Å². The quantitative estimate of drug-likeness (QED) is 0.641. The molecule has 15 heavy (non-hydrogen) atoms. The van der Waals surface area contributed by atoms with Gasteiger partial charge in [0, 0.05) is 5.59 Å². The van der Waals surface area contributed by atoms with Gasteiger partial charge in [-0.1, -0.05) is 11.9 Å². The maximum Gasteiger partial charge on any atom is 0.313 e. The number of aromatic nitrogens is 3. The Morgan fingerprint density at radius 1 is 1.40 bits per heavy atom. The molecule has 0 saturated heterocycles. The van der Waals surface area contributed by atoms with Crippen LogP contribution in [0.1, 0.15) is 0 Å². The van der Waals surface area contributed by atoms with E-state index in [1.807, 2.05) is 6.82 Å². The van der Waals surface area contributed by atoms with Crippen LogP contribution in [-0.4, -0.2) is 27.6 Å². The molecule has 0 spiro atoms. The van der Waals surface area contributed by atoms with Crippen molar-refractivity contribution >= 4 is 18.9 Å². The fraction of sp³-hybridized carbons (Fsp3) is 0.125. The van der Waals surface area contributed by atoms with E-state index in [9.17, 15) is 5.11 Å². The van der Waals surface area contributed by atoms with E-state index >= 15 is 0 Å². The number of hydrogen-bond donors (Lipinski definition) is 2. The number of nitrogens with two attached hydrogens (primary N) is 1. The maximum absolute atomic E-state index is 9.43. The topological polar surface area (TPSA) is 98.1 Å². The number of rotatable bonds is 2. The molecule has 2 rings (SSSR count). The number of anilines is 1. The van der Waals surface area contributed by atoms with Crippen LogP contribution in [-0.2, 0) is 0 Å². The van der Waals surface area contributed by atoms with Gasteiger partial charge in [-0.05, 0) is 12.1 Å². The third kappa shape index (κ3) is 1.76. The number of nitrogen functional groups attached to an aromatic ring is 1. The molecule has 0 aliphatic rings. The van der Waals surface area contributed by atoms with Gasteiger partial charge in [0.2, 0.25) is 0 Å². The van der Waals surface area contributed by atoms with Crippen molar-refractivity contribution in [3.63, 3.8) is 0 Å². The first-order valence-corrected chi connectivity index (χ1v) is 4.49. The maximum atomic E-state index is 9.43. The Morgan fingerprint density at radius 3 is 2.80 bits per heavy atom. The van der Waals surface area contributed by atoms with Crippen LogP contribution in [0.3, 0.4) is 0 Å². The smallest absolute Gasteiger partial charge is 0.313 e. The minimum Gasteiger partial charge on any atom is -0.507 e. The lowest BCUT2D eigenvalue weighted by Gasteiger charge is -2.00. The van der Waals surface area contributed by atoms with Crippen LogP contribution in [0.5, 0.6) is 5.75 Å². The summed E-state index contributed by atoms with van der Waals surface area (Å²) >= 11 is 0. The molecule has 6 nitrogen and oxygen atoms in total. The van der Waals surface area contributed by atoms with E-state index < -0.39 is 0 Å². The fourth-order valence-corrected chi connectivity index (χ4v) is 1.21. The molecule has 0 radical (unpaired) electrons. The SMILES string of the molecule is CBc1nc(-c2nnc(N)o2)ccc1O. The van der Waals surface area contributed by atoms with Gasteiger partial charge in [-0.2, -0.15) is 0 Å². The molecule has 2 aromatic rings. The number of nitrogens with zero attached hydrogens (tertiary/aromatic N) is 3. The Bertz CT molecular complexity index is 485. The minimum atomic E-state index is -0.00192. The van der Waals surface area contributed by atoms with Crippen molar-refractivity contribution < 1.29 is 9.52 Å². The molecule has 0 fully saturated rings. The second kappa shape index (κ2) is 3.60. The first-order valence-electron chi connectivity index (χ1n) is 4.49. The summed E-state index contributed by atoms with van der Waals surface area (Å²) in [4.78, 5) is 4.17. The van der Waals surface area contributed by atoms with E-state index in [0.717, 1.165) is 0 Å². The van der Waals surface area contributed by atoms with Crippen LogP contribution in [0.2, 0.25) is 6.82 Å². The summed E-state index contributed by atoms with van der Waals surface area (Å²) in [5, 5.41) is 16.7. The molecule has 3 N–H and O–H groups in total. The molecule has 76 valence electrons. The van der Waals surface area contributed by atoms with E-state index in [2.05, 4.69) is 15.2 Å². The number of aromatic hydroxyl groups is 1. The summed E-state index contributed by atoms with van der Waals surface area (Å²) in [5.74, 6) is 0.413. The molecule has 2 heterocycles. The highest BCUT2D eigenvalue weighted by molar-refractivity contribution is 6.52. The Balaban J connectivity index is 2.45. The summed E-state index contributed by atoms with van der Waals surface area (Å²) in [6, 6.07) is 3.14. The monoisotopic (exact) mass is 204 g/mol. The number of pyridine rings is 1. The molecule has 0 aliphatic carbocycles. The van der Waals surface area contributed by atoms with Crippen molar-refractivity contribution in [1.82, 2.24) is 15.2 Å². The highest BCUT2D eigenvalue weighted by Crippen LogP contribution is 2.16. The molecule has 2 aromatic heterocycles. The van der Waals surface area contributed by atoms with Crippen molar-refractivity contribution in [3.8, 4) is 17.3 Å². The van der Waals surface area contributed by atoms with E-state index in [1.165, 1.54) is 0 Å². The van der Waals surface area contributed by atoms with Crippen LogP contribution < -0.4 is 11.3 Å². The highest BCUT2D eigenvalue weighted by atomic mass is 16.4. The first kappa shape index (κ1) is 9.51. The summed E-state index contributed by atoms with van der Waals surface area (Å²) in [6.07, 6.45) is 0. The summed E-state index contributed by atoms with van der Waals surface area (Å²) in [7, 11) is 0.628. The summed E-state index contributed by atoms with van der Waals surface area (Å²) in [6.45, 7) is 1.90. The molecule has 0 amide bonds. The Kier molecular flexibility index (Phi) is 2.28. The lowest BCUT2D eigenvalue weighted by Crippen LogP contribution is -2.16. The molecular weight excluding hydrogens is 195 g/mol. The predicted molar refractivity (Wildman–Crippen MR) is 56.3 cm³/mol. The van der Waals surface area contributed by atoms with Gasteiger partial charge in [-0.3, -0.25) is 4.98 Å². The summed E-state index contributed by atoms with van der Waals surface area (Å²) < 4.78 is 5.02. The van der Waals surface area contributed by atoms with Gasteiger partial charge in [-0.15, -0.1) is 5.10 Å². The third-order valence-electron chi connectivity index (χ3n) is 1.94. The average Bonchev–Trinajstić information content (AvgIpc) is 2.66. The lowest BCUT2D eigenvalue weighted by atomic mass is 9.77. The van der Waals surface area contributed by atoms with Gasteiger partial charge in [0.05, 0.1) is 0 Å². The average molecular weight is 204 g/mol. The summed E-state index contributed by atoms with van der Waals surface area (Å²) in [5.41, 5.74) is 6.39. The van der Waals surface area contributed by atoms with E-state index in [0.29, 0.717) is 18.6 Å². The van der Waals surface area contributed by atoms with E-state index in [4.69, 9.17) is 10.2 Å². The molecule has 0 saturated carbocycles. The van der Waals surface area contributed by atoms with Crippen molar-refractivity contribution in [2.75, 3.05) is 5.73 Å². The number of hydrogen-bond acceptors (Lipinski definition) is 6.